The van der Waals surface area contributed by atoms with Crippen molar-refractivity contribution >= 4 is 23.5 Å². The lowest BCUT2D eigenvalue weighted by atomic mass is 10.4. The molecule has 16 heavy (non-hydrogen) atoms. The van der Waals surface area contributed by atoms with Crippen LogP contribution < -0.4 is 10.6 Å². The highest BCUT2D eigenvalue weighted by Crippen LogP contribution is 2.28. The van der Waals surface area contributed by atoms with E-state index in [1.165, 1.54) is 12.8 Å². The lowest BCUT2D eigenvalue weighted by molar-refractivity contribution is 0.868. The average Bonchev–Trinajstić information content (AvgIpc) is 3.07. The van der Waals surface area contributed by atoms with Crippen LogP contribution in [0.3, 0.4) is 0 Å². The summed E-state index contributed by atoms with van der Waals surface area (Å²) in [5, 5.41) is 6.32. The maximum atomic E-state index is 5.79. The zero-order valence-electron chi connectivity index (χ0n) is 8.91. The first-order valence-electron chi connectivity index (χ1n) is 5.28. The third-order valence-electron chi connectivity index (χ3n) is 2.26. The van der Waals surface area contributed by atoms with E-state index in [1.54, 1.807) is 6.08 Å². The lowest BCUT2D eigenvalue weighted by Crippen LogP contribution is -2.10. The largest absolute Gasteiger partial charge is 0.354 e. The van der Waals surface area contributed by atoms with Crippen molar-refractivity contribution in [1.29, 1.82) is 0 Å². The Balaban J connectivity index is 1.98. The summed E-state index contributed by atoms with van der Waals surface area (Å²) in [5.41, 5.74) is 0. The van der Waals surface area contributed by atoms with E-state index < -0.39 is 0 Å². The van der Waals surface area contributed by atoms with Crippen LogP contribution in [-0.4, -0.2) is 28.0 Å². The highest BCUT2D eigenvalue weighted by atomic mass is 35.5. The van der Waals surface area contributed by atoms with Gasteiger partial charge in [-0.05, 0) is 30.4 Å². The van der Waals surface area contributed by atoms with Crippen LogP contribution in [0.1, 0.15) is 12.8 Å². The molecule has 0 aliphatic heterocycles. The summed E-state index contributed by atoms with van der Waals surface area (Å²) in [7, 11) is 0. The number of nitrogens with zero attached hydrogens (tertiary/aromatic N) is 3. The Hall–Kier alpha value is -1.36. The van der Waals surface area contributed by atoms with E-state index in [1.807, 2.05) is 0 Å². The van der Waals surface area contributed by atoms with Gasteiger partial charge in [0.25, 0.3) is 0 Å². The van der Waals surface area contributed by atoms with E-state index in [2.05, 4.69) is 32.2 Å². The molecule has 5 nitrogen and oxygen atoms in total. The van der Waals surface area contributed by atoms with Crippen molar-refractivity contribution in [3.63, 3.8) is 0 Å². The molecule has 86 valence electrons. The standard InChI is InChI=1S/C10H14ClN5/c1-2-5-12-9-14-8(11)15-10(16-9)13-6-7-3-4-7/h2,7H,1,3-6H2,(H2,12,13,14,15,16). The first-order chi connectivity index (χ1) is 7.78. The molecule has 0 radical (unpaired) electrons. The number of nitrogens with one attached hydrogen (secondary N) is 2. The number of halogens is 1. The summed E-state index contributed by atoms with van der Waals surface area (Å²) in [6.45, 7) is 5.11. The van der Waals surface area contributed by atoms with Gasteiger partial charge >= 0.3 is 0 Å². The van der Waals surface area contributed by atoms with Gasteiger partial charge in [-0.2, -0.15) is 15.0 Å². The average molecular weight is 240 g/mol. The van der Waals surface area contributed by atoms with Gasteiger partial charge in [-0.15, -0.1) is 6.58 Å². The minimum atomic E-state index is 0.194. The third kappa shape index (κ3) is 3.34. The minimum Gasteiger partial charge on any atom is -0.354 e. The number of hydrogen-bond donors (Lipinski definition) is 2. The Morgan fingerprint density at radius 3 is 2.56 bits per heavy atom. The molecule has 0 aromatic carbocycles. The van der Waals surface area contributed by atoms with Crippen molar-refractivity contribution in [2.75, 3.05) is 23.7 Å². The summed E-state index contributed by atoms with van der Waals surface area (Å²) >= 11 is 5.79. The molecule has 0 spiro atoms. The van der Waals surface area contributed by atoms with E-state index >= 15 is 0 Å². The van der Waals surface area contributed by atoms with Gasteiger partial charge in [0.2, 0.25) is 17.2 Å². The fourth-order valence-electron chi connectivity index (χ4n) is 1.23. The van der Waals surface area contributed by atoms with Crippen LogP contribution in [0.25, 0.3) is 0 Å². The Labute approximate surface area is 99.4 Å². The molecule has 0 atom stereocenters. The van der Waals surface area contributed by atoms with Gasteiger partial charge in [0, 0.05) is 13.1 Å². The normalized spacial score (nSPS) is 14.6. The SMILES string of the molecule is C=CCNc1nc(Cl)nc(NCC2CC2)n1. The second-order valence-electron chi connectivity index (χ2n) is 3.75. The number of anilines is 2. The monoisotopic (exact) mass is 239 g/mol. The van der Waals surface area contributed by atoms with Gasteiger partial charge in [-0.3, -0.25) is 0 Å². The molecule has 1 fully saturated rings. The Bertz CT molecular complexity index is 377. The van der Waals surface area contributed by atoms with E-state index in [4.69, 9.17) is 11.6 Å². The van der Waals surface area contributed by atoms with Crippen molar-refractivity contribution in [2.24, 2.45) is 5.92 Å². The molecule has 0 bridgehead atoms. The first-order valence-corrected chi connectivity index (χ1v) is 5.66. The van der Waals surface area contributed by atoms with Gasteiger partial charge in [0.05, 0.1) is 0 Å². The van der Waals surface area contributed by atoms with Gasteiger partial charge < -0.3 is 10.6 Å². The topological polar surface area (TPSA) is 62.7 Å². The predicted octanol–water partition coefficient (Wildman–Crippen LogP) is 1.94. The highest BCUT2D eigenvalue weighted by molar-refractivity contribution is 6.28. The second kappa shape index (κ2) is 5.12. The number of aromatic nitrogens is 3. The summed E-state index contributed by atoms with van der Waals surface area (Å²) in [6, 6.07) is 0. The zero-order chi connectivity index (χ0) is 11.4. The number of rotatable bonds is 6. The van der Waals surface area contributed by atoms with Crippen LogP contribution in [0.5, 0.6) is 0 Å². The first kappa shape index (κ1) is 11.1. The van der Waals surface area contributed by atoms with Crippen LogP contribution in [0, 0.1) is 5.92 Å². The lowest BCUT2D eigenvalue weighted by Gasteiger charge is -2.06. The second-order valence-corrected chi connectivity index (χ2v) is 4.08. The molecule has 0 amide bonds. The summed E-state index contributed by atoms with van der Waals surface area (Å²) in [5.74, 6) is 1.76. The molecule has 2 N–H and O–H groups in total. The molecule has 1 aromatic heterocycles. The summed E-state index contributed by atoms with van der Waals surface area (Å²) < 4.78 is 0. The quantitative estimate of drug-likeness (QED) is 0.743. The van der Waals surface area contributed by atoms with E-state index in [9.17, 15) is 0 Å². The van der Waals surface area contributed by atoms with E-state index in [-0.39, 0.29) is 5.28 Å². The maximum Gasteiger partial charge on any atom is 0.229 e. The van der Waals surface area contributed by atoms with Crippen LogP contribution >= 0.6 is 11.6 Å². The Morgan fingerprint density at radius 1 is 1.25 bits per heavy atom. The van der Waals surface area contributed by atoms with E-state index in [0.29, 0.717) is 18.4 Å². The smallest absolute Gasteiger partial charge is 0.229 e. The minimum absolute atomic E-state index is 0.194. The van der Waals surface area contributed by atoms with Crippen molar-refractivity contribution < 1.29 is 0 Å². The maximum absolute atomic E-state index is 5.79. The molecule has 0 unspecified atom stereocenters. The molecule has 1 aliphatic carbocycles. The molecule has 0 saturated heterocycles. The predicted molar refractivity (Wildman–Crippen MR) is 64.7 cm³/mol. The molecule has 1 aromatic rings. The molecule has 1 saturated carbocycles. The van der Waals surface area contributed by atoms with Crippen LogP contribution in [0.2, 0.25) is 5.28 Å². The summed E-state index contributed by atoms with van der Waals surface area (Å²) in [6.07, 6.45) is 4.30. The molecule has 1 heterocycles. The molecule has 1 aliphatic rings. The zero-order valence-corrected chi connectivity index (χ0v) is 9.67. The molecule has 6 heteroatoms. The van der Waals surface area contributed by atoms with Gasteiger partial charge in [0.1, 0.15) is 0 Å². The highest BCUT2D eigenvalue weighted by Gasteiger charge is 2.21. The summed E-state index contributed by atoms with van der Waals surface area (Å²) in [4.78, 5) is 12.2. The number of hydrogen-bond acceptors (Lipinski definition) is 5. The van der Waals surface area contributed by atoms with E-state index in [0.717, 1.165) is 12.5 Å². The van der Waals surface area contributed by atoms with Crippen molar-refractivity contribution in [1.82, 2.24) is 15.0 Å². The molecular weight excluding hydrogens is 226 g/mol. The fourth-order valence-corrected chi connectivity index (χ4v) is 1.39. The Morgan fingerprint density at radius 2 is 1.94 bits per heavy atom. The van der Waals surface area contributed by atoms with Crippen molar-refractivity contribution in [2.45, 2.75) is 12.8 Å². The van der Waals surface area contributed by atoms with Crippen LogP contribution in [0.15, 0.2) is 12.7 Å². The third-order valence-corrected chi connectivity index (χ3v) is 2.43. The van der Waals surface area contributed by atoms with Gasteiger partial charge in [-0.25, -0.2) is 0 Å². The Kier molecular flexibility index (Phi) is 3.56. The van der Waals surface area contributed by atoms with Crippen molar-refractivity contribution in [3.05, 3.63) is 17.9 Å². The fraction of sp³-hybridized carbons (Fsp3) is 0.500. The van der Waals surface area contributed by atoms with Gasteiger partial charge in [0.15, 0.2) is 0 Å². The van der Waals surface area contributed by atoms with Crippen LogP contribution in [-0.2, 0) is 0 Å². The molecule has 2 rings (SSSR count). The van der Waals surface area contributed by atoms with Crippen molar-refractivity contribution in [3.8, 4) is 0 Å². The van der Waals surface area contributed by atoms with Crippen LogP contribution in [0.4, 0.5) is 11.9 Å². The van der Waals surface area contributed by atoms with Gasteiger partial charge in [-0.1, -0.05) is 6.08 Å². The molecular formula is C10H14ClN5.